The molecule has 0 saturated carbocycles. The first kappa shape index (κ1) is 35.6. The van der Waals surface area contributed by atoms with Crippen LogP contribution in [-0.2, 0) is 27.2 Å². The van der Waals surface area contributed by atoms with E-state index in [0.717, 1.165) is 46.6 Å². The highest BCUT2D eigenvalue weighted by atomic mass is 32.2. The maximum absolute atomic E-state index is 13.7. The molecule has 1 unspecified atom stereocenters. The van der Waals surface area contributed by atoms with Gasteiger partial charge >= 0.3 is 5.97 Å². The van der Waals surface area contributed by atoms with Crippen LogP contribution < -0.4 is 16.0 Å². The van der Waals surface area contributed by atoms with Gasteiger partial charge < -0.3 is 20.7 Å². The van der Waals surface area contributed by atoms with Crippen molar-refractivity contribution in [2.75, 3.05) is 17.7 Å². The Morgan fingerprint density at radius 3 is 2.35 bits per heavy atom. The summed E-state index contributed by atoms with van der Waals surface area (Å²) in [5.74, 6) is -1.16. The summed E-state index contributed by atoms with van der Waals surface area (Å²) in [6, 6.07) is 23.8. The van der Waals surface area contributed by atoms with Gasteiger partial charge in [-0.3, -0.25) is 14.4 Å². The fourth-order valence-corrected chi connectivity index (χ4v) is 7.88. The van der Waals surface area contributed by atoms with E-state index in [1.54, 1.807) is 42.5 Å². The van der Waals surface area contributed by atoms with Crippen LogP contribution in [0.4, 0.5) is 10.7 Å². The summed E-state index contributed by atoms with van der Waals surface area (Å²) in [6.07, 6.45) is 5.95. The standard InChI is InChI=1S/C39H41N3O5S2/c1-5-32(37(45)42-38-34(39(46)47-4)30-16-9-10-17-33(30)49-38)48-29-15-11-14-28(23-29)40-36(44)31(41-35(43)27-12-7-6-8-13-27)22-25-18-20-26(21-19-25)24(2)3/h6-8,11-15,18-24,32H,5,9-10,16-17H2,1-4H3,(H,40,44)(H,41,43)(H,42,45)/b31-22+. The van der Waals surface area contributed by atoms with Crippen LogP contribution in [0.5, 0.6) is 0 Å². The number of ether oxygens (including phenoxy) is 1. The number of benzene rings is 3. The number of methoxy groups -OCH3 is 1. The van der Waals surface area contributed by atoms with E-state index in [1.807, 2.05) is 49.4 Å². The molecule has 3 amide bonds. The van der Waals surface area contributed by atoms with Gasteiger partial charge in [-0.2, -0.15) is 0 Å². The molecule has 3 N–H and O–H groups in total. The molecule has 10 heteroatoms. The molecule has 0 aliphatic heterocycles. The lowest BCUT2D eigenvalue weighted by Gasteiger charge is -2.16. The second-order valence-corrected chi connectivity index (χ2v) is 14.5. The molecule has 1 aliphatic carbocycles. The van der Waals surface area contributed by atoms with Crippen molar-refractivity contribution in [3.05, 3.63) is 117 Å². The summed E-state index contributed by atoms with van der Waals surface area (Å²) in [5, 5.41) is 8.81. The Bertz CT molecular complexity index is 1850. The second kappa shape index (κ2) is 16.6. The Balaban J connectivity index is 1.32. The van der Waals surface area contributed by atoms with Gasteiger partial charge in [0.2, 0.25) is 5.91 Å². The number of rotatable bonds is 12. The van der Waals surface area contributed by atoms with Crippen LogP contribution in [0.1, 0.15) is 88.2 Å². The SMILES string of the molecule is CCC(Sc1cccc(NC(=O)/C(=C\c2ccc(C(C)C)cc2)NC(=O)c2ccccc2)c1)C(=O)Nc1sc2c(c1C(=O)OC)CCCC2. The van der Waals surface area contributed by atoms with Gasteiger partial charge in [-0.25, -0.2) is 4.79 Å². The number of esters is 1. The Morgan fingerprint density at radius 1 is 0.918 bits per heavy atom. The summed E-state index contributed by atoms with van der Waals surface area (Å²) in [5.41, 5.74) is 4.44. The minimum Gasteiger partial charge on any atom is -0.465 e. The number of carbonyl (C=O) groups is 4. The fraction of sp³-hybridized carbons (Fsp3) is 0.282. The van der Waals surface area contributed by atoms with E-state index in [4.69, 9.17) is 4.74 Å². The van der Waals surface area contributed by atoms with Gasteiger partial charge in [0.05, 0.1) is 17.9 Å². The Hall–Kier alpha value is -4.67. The zero-order valence-corrected chi connectivity index (χ0v) is 29.8. The molecule has 254 valence electrons. The van der Waals surface area contributed by atoms with Crippen molar-refractivity contribution in [3.63, 3.8) is 0 Å². The summed E-state index contributed by atoms with van der Waals surface area (Å²) in [6.45, 7) is 6.16. The quantitative estimate of drug-likeness (QED) is 0.0779. The second-order valence-electron chi connectivity index (χ2n) is 12.1. The summed E-state index contributed by atoms with van der Waals surface area (Å²) < 4.78 is 5.07. The first-order valence-electron chi connectivity index (χ1n) is 16.5. The van der Waals surface area contributed by atoms with Crippen molar-refractivity contribution in [2.45, 2.75) is 68.9 Å². The first-order valence-corrected chi connectivity index (χ1v) is 18.2. The van der Waals surface area contributed by atoms with E-state index in [-0.39, 0.29) is 11.6 Å². The molecule has 49 heavy (non-hydrogen) atoms. The Labute approximate surface area is 295 Å². The molecule has 0 spiro atoms. The lowest BCUT2D eigenvalue weighted by Crippen LogP contribution is -2.30. The molecular formula is C39H41N3O5S2. The molecule has 4 aromatic rings. The number of thiophene rings is 1. The Morgan fingerprint density at radius 2 is 1.65 bits per heavy atom. The monoisotopic (exact) mass is 695 g/mol. The average Bonchev–Trinajstić information content (AvgIpc) is 3.48. The minimum absolute atomic E-state index is 0.0927. The highest BCUT2D eigenvalue weighted by molar-refractivity contribution is 8.00. The third-order valence-corrected chi connectivity index (χ3v) is 10.8. The maximum Gasteiger partial charge on any atom is 0.341 e. The van der Waals surface area contributed by atoms with E-state index in [1.165, 1.54) is 35.8 Å². The van der Waals surface area contributed by atoms with Crippen molar-refractivity contribution in [1.82, 2.24) is 5.32 Å². The summed E-state index contributed by atoms with van der Waals surface area (Å²) in [7, 11) is 1.36. The average molecular weight is 696 g/mol. The lowest BCUT2D eigenvalue weighted by molar-refractivity contribution is -0.116. The molecule has 0 radical (unpaired) electrons. The first-order chi connectivity index (χ1) is 23.7. The van der Waals surface area contributed by atoms with E-state index >= 15 is 0 Å². The van der Waals surface area contributed by atoms with Crippen molar-refractivity contribution in [3.8, 4) is 0 Å². The van der Waals surface area contributed by atoms with Gasteiger partial charge in [0.1, 0.15) is 10.7 Å². The van der Waals surface area contributed by atoms with E-state index < -0.39 is 23.0 Å². The van der Waals surface area contributed by atoms with Gasteiger partial charge in [-0.15, -0.1) is 23.1 Å². The van der Waals surface area contributed by atoms with Gasteiger partial charge in [-0.05, 0) is 91.1 Å². The van der Waals surface area contributed by atoms with E-state index in [2.05, 4.69) is 29.8 Å². The molecule has 8 nitrogen and oxygen atoms in total. The number of aryl methyl sites for hydroxylation is 1. The number of amides is 3. The molecule has 3 aromatic carbocycles. The summed E-state index contributed by atoms with van der Waals surface area (Å²) >= 11 is 2.84. The molecule has 5 rings (SSSR count). The van der Waals surface area contributed by atoms with Crippen LogP contribution >= 0.6 is 23.1 Å². The van der Waals surface area contributed by atoms with Crippen molar-refractivity contribution in [1.29, 1.82) is 0 Å². The lowest BCUT2D eigenvalue weighted by atomic mass is 9.95. The largest absolute Gasteiger partial charge is 0.465 e. The van der Waals surface area contributed by atoms with Crippen LogP contribution in [0.25, 0.3) is 6.08 Å². The van der Waals surface area contributed by atoms with Gasteiger partial charge in [0.15, 0.2) is 0 Å². The highest BCUT2D eigenvalue weighted by Crippen LogP contribution is 2.39. The molecule has 1 aromatic heterocycles. The molecule has 1 aliphatic rings. The van der Waals surface area contributed by atoms with Crippen LogP contribution in [0.3, 0.4) is 0 Å². The molecular weight excluding hydrogens is 655 g/mol. The number of fused-ring (bicyclic) bond motifs is 1. The van der Waals surface area contributed by atoms with Crippen molar-refractivity contribution >= 4 is 63.6 Å². The van der Waals surface area contributed by atoms with Crippen LogP contribution in [0.15, 0.2) is 89.5 Å². The molecule has 1 atom stereocenters. The predicted octanol–water partition coefficient (Wildman–Crippen LogP) is 8.46. The van der Waals surface area contributed by atoms with Gasteiger partial charge in [-0.1, -0.05) is 69.3 Å². The predicted molar refractivity (Wildman–Crippen MR) is 198 cm³/mol. The minimum atomic E-state index is -0.485. The van der Waals surface area contributed by atoms with E-state index in [0.29, 0.717) is 34.2 Å². The summed E-state index contributed by atoms with van der Waals surface area (Å²) in [4.78, 5) is 54.9. The van der Waals surface area contributed by atoms with Crippen LogP contribution in [-0.4, -0.2) is 36.1 Å². The molecule has 0 saturated heterocycles. The van der Waals surface area contributed by atoms with Crippen LogP contribution in [0, 0.1) is 0 Å². The maximum atomic E-state index is 13.7. The van der Waals surface area contributed by atoms with Crippen molar-refractivity contribution < 1.29 is 23.9 Å². The number of carbonyl (C=O) groups excluding carboxylic acids is 4. The topological polar surface area (TPSA) is 114 Å². The number of thioether (sulfide) groups is 1. The fourth-order valence-electron chi connectivity index (χ4n) is 5.58. The third kappa shape index (κ3) is 9.07. The smallest absolute Gasteiger partial charge is 0.341 e. The number of hydrogen-bond donors (Lipinski definition) is 3. The van der Waals surface area contributed by atoms with Crippen molar-refractivity contribution in [2.24, 2.45) is 0 Å². The molecule has 1 heterocycles. The van der Waals surface area contributed by atoms with Gasteiger partial charge in [0, 0.05) is 21.0 Å². The number of nitrogens with one attached hydrogen (secondary N) is 3. The highest BCUT2D eigenvalue weighted by Gasteiger charge is 2.28. The molecule has 0 fully saturated rings. The number of hydrogen-bond acceptors (Lipinski definition) is 7. The zero-order chi connectivity index (χ0) is 34.9. The Kier molecular flexibility index (Phi) is 12.1. The van der Waals surface area contributed by atoms with Gasteiger partial charge in [0.25, 0.3) is 11.8 Å². The van der Waals surface area contributed by atoms with Crippen LogP contribution in [0.2, 0.25) is 0 Å². The number of anilines is 2. The third-order valence-electron chi connectivity index (χ3n) is 8.27. The zero-order valence-electron chi connectivity index (χ0n) is 28.1. The molecule has 0 bridgehead atoms. The van der Waals surface area contributed by atoms with E-state index in [9.17, 15) is 19.2 Å². The normalized spacial score (nSPS) is 13.3.